The van der Waals surface area contributed by atoms with Gasteiger partial charge >= 0.3 is 0 Å². The molecule has 0 bridgehead atoms. The molecule has 1 aromatic rings. The van der Waals surface area contributed by atoms with Crippen molar-refractivity contribution in [3.8, 4) is 0 Å². The minimum absolute atomic E-state index is 0.0185. The standard InChI is InChI=1S/C15H23N3O2/c1-12(19)18(15(2,3)4)10-8-14(20)17-11-13-7-5-6-9-16-13/h5-7,9H,8,10-11H2,1-4H3,(H,17,20). The predicted molar refractivity (Wildman–Crippen MR) is 77.8 cm³/mol. The molecule has 0 saturated carbocycles. The van der Waals surface area contributed by atoms with Crippen LogP contribution in [0.25, 0.3) is 0 Å². The van der Waals surface area contributed by atoms with E-state index in [1.54, 1.807) is 11.1 Å². The zero-order valence-corrected chi connectivity index (χ0v) is 12.6. The van der Waals surface area contributed by atoms with Gasteiger partial charge in [-0.3, -0.25) is 14.6 Å². The number of amides is 2. The molecule has 0 fully saturated rings. The lowest BCUT2D eigenvalue weighted by Gasteiger charge is -2.34. The molecule has 0 saturated heterocycles. The SMILES string of the molecule is CC(=O)N(CCC(=O)NCc1ccccn1)C(C)(C)C. The molecule has 0 aliphatic carbocycles. The molecule has 0 aliphatic rings. The van der Waals surface area contributed by atoms with Crippen molar-refractivity contribution < 1.29 is 9.59 Å². The Kier molecular flexibility index (Phi) is 5.67. The third-order valence-corrected chi connectivity index (χ3v) is 2.95. The fourth-order valence-electron chi connectivity index (χ4n) is 1.96. The summed E-state index contributed by atoms with van der Waals surface area (Å²) in [5, 5.41) is 2.81. The first kappa shape index (κ1) is 16.1. The fraction of sp³-hybridized carbons (Fsp3) is 0.533. The van der Waals surface area contributed by atoms with Crippen LogP contribution in [-0.2, 0) is 16.1 Å². The summed E-state index contributed by atoms with van der Waals surface area (Å²) in [6, 6.07) is 5.57. The molecule has 0 radical (unpaired) electrons. The van der Waals surface area contributed by atoms with Crippen molar-refractivity contribution in [2.75, 3.05) is 6.54 Å². The molecule has 110 valence electrons. The lowest BCUT2D eigenvalue weighted by atomic mass is 10.1. The van der Waals surface area contributed by atoms with E-state index in [-0.39, 0.29) is 17.4 Å². The maximum absolute atomic E-state index is 11.8. The van der Waals surface area contributed by atoms with E-state index in [4.69, 9.17) is 0 Å². The summed E-state index contributed by atoms with van der Waals surface area (Å²) in [7, 11) is 0. The highest BCUT2D eigenvalue weighted by molar-refractivity contribution is 5.78. The average molecular weight is 277 g/mol. The van der Waals surface area contributed by atoms with E-state index >= 15 is 0 Å². The monoisotopic (exact) mass is 277 g/mol. The molecule has 2 amide bonds. The summed E-state index contributed by atoms with van der Waals surface area (Å²) >= 11 is 0. The van der Waals surface area contributed by atoms with E-state index in [0.717, 1.165) is 5.69 Å². The molecule has 5 heteroatoms. The third-order valence-electron chi connectivity index (χ3n) is 2.95. The summed E-state index contributed by atoms with van der Waals surface area (Å²) in [6.45, 7) is 8.24. The second-order valence-electron chi connectivity index (χ2n) is 5.69. The van der Waals surface area contributed by atoms with Crippen LogP contribution in [0.3, 0.4) is 0 Å². The largest absolute Gasteiger partial charge is 0.350 e. The smallest absolute Gasteiger partial charge is 0.222 e. The highest BCUT2D eigenvalue weighted by Crippen LogP contribution is 2.13. The first-order valence-corrected chi connectivity index (χ1v) is 6.75. The molecule has 0 spiro atoms. The van der Waals surface area contributed by atoms with E-state index in [1.165, 1.54) is 6.92 Å². The van der Waals surface area contributed by atoms with Crippen LogP contribution in [-0.4, -0.2) is 33.8 Å². The highest BCUT2D eigenvalue weighted by Gasteiger charge is 2.23. The van der Waals surface area contributed by atoms with Crippen molar-refractivity contribution in [1.82, 2.24) is 15.2 Å². The van der Waals surface area contributed by atoms with Gasteiger partial charge in [-0.2, -0.15) is 0 Å². The molecule has 0 aliphatic heterocycles. The normalized spacial score (nSPS) is 11.0. The Morgan fingerprint density at radius 1 is 1.30 bits per heavy atom. The zero-order valence-electron chi connectivity index (χ0n) is 12.6. The van der Waals surface area contributed by atoms with Gasteiger partial charge in [0.1, 0.15) is 0 Å². The van der Waals surface area contributed by atoms with Crippen molar-refractivity contribution in [1.29, 1.82) is 0 Å². The molecular formula is C15H23N3O2. The maximum atomic E-state index is 11.8. The van der Waals surface area contributed by atoms with Crippen molar-refractivity contribution in [2.24, 2.45) is 0 Å². The molecule has 1 N–H and O–H groups in total. The summed E-state index contributed by atoms with van der Waals surface area (Å²) in [4.78, 5) is 29.2. The van der Waals surface area contributed by atoms with Crippen molar-refractivity contribution in [3.05, 3.63) is 30.1 Å². The van der Waals surface area contributed by atoms with Crippen molar-refractivity contribution in [2.45, 2.75) is 46.2 Å². The van der Waals surface area contributed by atoms with Gasteiger partial charge in [0, 0.05) is 31.6 Å². The van der Waals surface area contributed by atoms with Gasteiger partial charge in [0.15, 0.2) is 0 Å². The van der Waals surface area contributed by atoms with Crippen LogP contribution >= 0.6 is 0 Å². The Balaban J connectivity index is 2.41. The van der Waals surface area contributed by atoms with Crippen LogP contribution < -0.4 is 5.32 Å². The number of aromatic nitrogens is 1. The van der Waals surface area contributed by atoms with Gasteiger partial charge < -0.3 is 10.2 Å². The Morgan fingerprint density at radius 3 is 2.50 bits per heavy atom. The van der Waals surface area contributed by atoms with E-state index < -0.39 is 0 Å². The zero-order chi connectivity index (χ0) is 15.2. The van der Waals surface area contributed by atoms with E-state index in [2.05, 4.69) is 10.3 Å². The molecule has 5 nitrogen and oxygen atoms in total. The second-order valence-corrected chi connectivity index (χ2v) is 5.69. The number of rotatable bonds is 5. The number of hydrogen-bond donors (Lipinski definition) is 1. The summed E-state index contributed by atoms with van der Waals surface area (Å²) in [5.74, 6) is -0.0961. The van der Waals surface area contributed by atoms with Crippen LogP contribution in [0, 0.1) is 0 Å². The molecule has 1 aromatic heterocycles. The van der Waals surface area contributed by atoms with Gasteiger partial charge in [-0.15, -0.1) is 0 Å². The number of pyridine rings is 1. The van der Waals surface area contributed by atoms with Gasteiger partial charge in [0.25, 0.3) is 0 Å². The number of hydrogen-bond acceptors (Lipinski definition) is 3. The lowest BCUT2D eigenvalue weighted by molar-refractivity contribution is -0.134. The Labute approximate surface area is 120 Å². The number of nitrogens with zero attached hydrogens (tertiary/aromatic N) is 2. The quantitative estimate of drug-likeness (QED) is 0.891. The Morgan fingerprint density at radius 2 is 2.00 bits per heavy atom. The average Bonchev–Trinajstić information content (AvgIpc) is 2.35. The summed E-state index contributed by atoms with van der Waals surface area (Å²) in [6.07, 6.45) is 1.99. The Hall–Kier alpha value is -1.91. The van der Waals surface area contributed by atoms with Crippen LogP contribution in [0.4, 0.5) is 0 Å². The molecular weight excluding hydrogens is 254 g/mol. The van der Waals surface area contributed by atoms with Gasteiger partial charge in [-0.1, -0.05) is 6.07 Å². The van der Waals surface area contributed by atoms with Crippen LogP contribution in [0.1, 0.15) is 39.8 Å². The molecule has 1 heterocycles. The lowest BCUT2D eigenvalue weighted by Crippen LogP contribution is -2.46. The third kappa shape index (κ3) is 5.38. The summed E-state index contributed by atoms with van der Waals surface area (Å²) in [5.41, 5.74) is 0.549. The molecule has 20 heavy (non-hydrogen) atoms. The van der Waals surface area contributed by atoms with Crippen LogP contribution in [0.5, 0.6) is 0 Å². The predicted octanol–water partition coefficient (Wildman–Crippen LogP) is 1.73. The fourth-order valence-corrected chi connectivity index (χ4v) is 1.96. The first-order valence-electron chi connectivity index (χ1n) is 6.75. The van der Waals surface area contributed by atoms with Gasteiger partial charge in [0.2, 0.25) is 11.8 Å². The second kappa shape index (κ2) is 7.03. The van der Waals surface area contributed by atoms with Crippen molar-refractivity contribution in [3.63, 3.8) is 0 Å². The molecule has 0 aromatic carbocycles. The molecule has 1 rings (SSSR count). The molecule has 0 atom stereocenters. The van der Waals surface area contributed by atoms with Gasteiger partial charge in [0.05, 0.1) is 12.2 Å². The van der Waals surface area contributed by atoms with Crippen LogP contribution in [0.15, 0.2) is 24.4 Å². The maximum Gasteiger partial charge on any atom is 0.222 e. The number of carbonyl (C=O) groups excluding carboxylic acids is 2. The van der Waals surface area contributed by atoms with E-state index in [1.807, 2.05) is 39.0 Å². The Bertz CT molecular complexity index is 452. The number of nitrogens with one attached hydrogen (secondary N) is 1. The van der Waals surface area contributed by atoms with Crippen LogP contribution in [0.2, 0.25) is 0 Å². The minimum Gasteiger partial charge on any atom is -0.350 e. The van der Waals surface area contributed by atoms with E-state index in [9.17, 15) is 9.59 Å². The first-order chi connectivity index (χ1) is 9.30. The number of carbonyl (C=O) groups is 2. The van der Waals surface area contributed by atoms with E-state index in [0.29, 0.717) is 19.5 Å². The molecule has 0 unspecified atom stereocenters. The minimum atomic E-state index is -0.271. The summed E-state index contributed by atoms with van der Waals surface area (Å²) < 4.78 is 0. The topological polar surface area (TPSA) is 62.3 Å². The highest BCUT2D eigenvalue weighted by atomic mass is 16.2. The van der Waals surface area contributed by atoms with Crippen molar-refractivity contribution >= 4 is 11.8 Å². The van der Waals surface area contributed by atoms with Gasteiger partial charge in [-0.25, -0.2) is 0 Å². The van der Waals surface area contributed by atoms with Gasteiger partial charge in [-0.05, 0) is 32.9 Å².